The second kappa shape index (κ2) is 7.75. The van der Waals surface area contributed by atoms with E-state index in [9.17, 15) is 18.8 Å². The lowest BCUT2D eigenvalue weighted by molar-refractivity contribution is 0.266. The van der Waals surface area contributed by atoms with Gasteiger partial charge in [0.05, 0.1) is 52.0 Å². The minimum absolute atomic E-state index is 0.0114. The van der Waals surface area contributed by atoms with Crippen molar-refractivity contribution in [1.82, 2.24) is 4.98 Å². The van der Waals surface area contributed by atoms with E-state index in [4.69, 9.17) is 5.26 Å². The zero-order valence-corrected chi connectivity index (χ0v) is 16.8. The molecule has 0 radical (unpaired) electrons. The number of hydrogen-bond acceptors (Lipinski definition) is 7. The number of aromatic nitrogens is 1. The highest BCUT2D eigenvalue weighted by atomic mass is 32.2. The van der Waals surface area contributed by atoms with Crippen molar-refractivity contribution < 1.29 is 13.5 Å². The Labute approximate surface area is 174 Å². The Bertz CT molecular complexity index is 1320. The summed E-state index contributed by atoms with van der Waals surface area (Å²) in [5.41, 5.74) is 1.67. The summed E-state index contributed by atoms with van der Waals surface area (Å²) in [6, 6.07) is 14.7. The zero-order valence-electron chi connectivity index (χ0n) is 16.0. The van der Waals surface area contributed by atoms with Gasteiger partial charge in [-0.3, -0.25) is 4.98 Å². The number of pyridine rings is 1. The van der Waals surface area contributed by atoms with Gasteiger partial charge in [0, 0.05) is 18.1 Å². The molecule has 0 aliphatic carbocycles. The Balaban J connectivity index is 2.01. The number of nitriles is 2. The van der Waals surface area contributed by atoms with E-state index in [2.05, 4.69) is 11.1 Å². The molecule has 0 spiro atoms. The molecule has 7 nitrogen and oxygen atoms in total. The minimum atomic E-state index is -3.98. The normalized spacial score (nSPS) is 16.4. The van der Waals surface area contributed by atoms with Crippen molar-refractivity contribution in [3.05, 3.63) is 59.8 Å². The Hall–Kier alpha value is -3.46. The van der Waals surface area contributed by atoms with Gasteiger partial charge >= 0.3 is 0 Å². The van der Waals surface area contributed by atoms with Crippen molar-refractivity contribution in [3.8, 4) is 12.1 Å². The highest BCUT2D eigenvalue weighted by Crippen LogP contribution is 2.39. The summed E-state index contributed by atoms with van der Waals surface area (Å²) in [6.45, 7) is 0.509. The van der Waals surface area contributed by atoms with Crippen LogP contribution < -0.4 is 4.90 Å². The van der Waals surface area contributed by atoms with Crippen LogP contribution in [0.3, 0.4) is 0 Å². The first kappa shape index (κ1) is 19.8. The highest BCUT2D eigenvalue weighted by Gasteiger charge is 2.32. The van der Waals surface area contributed by atoms with Crippen molar-refractivity contribution in [2.24, 2.45) is 0 Å². The summed E-state index contributed by atoms with van der Waals surface area (Å²) >= 11 is 0. The van der Waals surface area contributed by atoms with E-state index in [1.807, 2.05) is 11.0 Å². The molecule has 150 valence electrons. The first-order valence-electron chi connectivity index (χ1n) is 9.45. The molecular formula is C22H18N4O3S. The van der Waals surface area contributed by atoms with Crippen LogP contribution in [-0.4, -0.2) is 37.7 Å². The van der Waals surface area contributed by atoms with Crippen LogP contribution in [0.25, 0.3) is 10.9 Å². The third-order valence-electron chi connectivity index (χ3n) is 5.37. The van der Waals surface area contributed by atoms with Gasteiger partial charge in [0.15, 0.2) is 0 Å². The third-order valence-corrected chi connectivity index (χ3v) is 7.13. The smallest absolute Gasteiger partial charge is 0.210 e. The molecule has 0 saturated carbocycles. The van der Waals surface area contributed by atoms with Crippen LogP contribution in [0.1, 0.15) is 24.0 Å². The molecule has 1 aliphatic heterocycles. The summed E-state index contributed by atoms with van der Waals surface area (Å²) < 4.78 is 27.1. The minimum Gasteiger partial charge on any atom is -0.394 e. The van der Waals surface area contributed by atoms with Crippen molar-refractivity contribution in [3.63, 3.8) is 0 Å². The lowest BCUT2D eigenvalue weighted by atomic mass is 10.1. The summed E-state index contributed by atoms with van der Waals surface area (Å²) in [4.78, 5) is 6.27. The molecule has 1 saturated heterocycles. The molecule has 2 heterocycles. The molecule has 1 N–H and O–H groups in total. The number of sulfone groups is 1. The number of fused-ring (bicyclic) bond motifs is 1. The molecule has 8 heteroatoms. The molecule has 1 fully saturated rings. The third kappa shape index (κ3) is 3.26. The largest absolute Gasteiger partial charge is 0.394 e. The zero-order chi connectivity index (χ0) is 21.3. The predicted molar refractivity (Wildman–Crippen MR) is 111 cm³/mol. The summed E-state index contributed by atoms with van der Waals surface area (Å²) in [5.74, 6) is 0. The van der Waals surface area contributed by atoms with Crippen molar-refractivity contribution in [1.29, 1.82) is 10.5 Å². The molecular weight excluding hydrogens is 400 g/mol. The molecule has 0 bridgehead atoms. The molecule has 1 aliphatic rings. The molecule has 4 rings (SSSR count). The van der Waals surface area contributed by atoms with Crippen LogP contribution >= 0.6 is 0 Å². The van der Waals surface area contributed by atoms with E-state index < -0.39 is 9.84 Å². The fourth-order valence-electron chi connectivity index (χ4n) is 3.90. The molecule has 2 aromatic carbocycles. The summed E-state index contributed by atoms with van der Waals surface area (Å²) in [6.07, 6.45) is 2.88. The number of aliphatic hydroxyl groups excluding tert-OH is 1. The van der Waals surface area contributed by atoms with Gasteiger partial charge in [-0.1, -0.05) is 6.07 Å². The van der Waals surface area contributed by atoms with E-state index in [1.165, 1.54) is 24.4 Å². The van der Waals surface area contributed by atoms with Gasteiger partial charge in [0.2, 0.25) is 9.84 Å². The molecule has 30 heavy (non-hydrogen) atoms. The lowest BCUT2D eigenvalue weighted by Crippen LogP contribution is -2.33. The number of nitrogens with zero attached hydrogens (tertiary/aromatic N) is 4. The van der Waals surface area contributed by atoms with Gasteiger partial charge < -0.3 is 10.0 Å². The van der Waals surface area contributed by atoms with Crippen LogP contribution in [0.4, 0.5) is 5.69 Å². The maximum atomic E-state index is 13.6. The summed E-state index contributed by atoms with van der Waals surface area (Å²) in [5, 5.41) is 28.8. The number of anilines is 1. The second-order valence-electron chi connectivity index (χ2n) is 7.13. The van der Waals surface area contributed by atoms with E-state index >= 15 is 0 Å². The monoisotopic (exact) mass is 418 g/mol. The van der Waals surface area contributed by atoms with E-state index in [0.717, 1.165) is 12.8 Å². The maximum Gasteiger partial charge on any atom is 0.210 e. The van der Waals surface area contributed by atoms with Gasteiger partial charge in [-0.05, 0) is 49.2 Å². The second-order valence-corrected chi connectivity index (χ2v) is 9.05. The van der Waals surface area contributed by atoms with Crippen molar-refractivity contribution in [2.45, 2.75) is 28.7 Å². The molecule has 3 aromatic rings. The lowest BCUT2D eigenvalue weighted by Gasteiger charge is -2.28. The Morgan fingerprint density at radius 2 is 1.90 bits per heavy atom. The van der Waals surface area contributed by atoms with Crippen molar-refractivity contribution in [2.75, 3.05) is 18.1 Å². The topological polar surface area (TPSA) is 118 Å². The number of benzene rings is 2. The fraction of sp³-hybridized carbons (Fsp3) is 0.227. The Morgan fingerprint density at radius 3 is 2.63 bits per heavy atom. The van der Waals surface area contributed by atoms with Gasteiger partial charge in [-0.2, -0.15) is 10.5 Å². The van der Waals surface area contributed by atoms with E-state index in [-0.39, 0.29) is 28.0 Å². The van der Waals surface area contributed by atoms with E-state index in [0.29, 0.717) is 28.7 Å². The SMILES string of the molecule is N#Cc1cccc(S(=O)(=O)c2cnc3cc(C#N)ccc3c2N2CCCC2CO)c1. The maximum absolute atomic E-state index is 13.6. The van der Waals surface area contributed by atoms with Gasteiger partial charge in [0.25, 0.3) is 0 Å². The Morgan fingerprint density at radius 1 is 1.13 bits per heavy atom. The number of aliphatic hydroxyl groups is 1. The molecule has 0 amide bonds. The average Bonchev–Trinajstić information content (AvgIpc) is 3.26. The van der Waals surface area contributed by atoms with Crippen LogP contribution in [0.2, 0.25) is 0 Å². The predicted octanol–water partition coefficient (Wildman–Crippen LogP) is 2.77. The first-order valence-corrected chi connectivity index (χ1v) is 10.9. The van der Waals surface area contributed by atoms with Gasteiger partial charge in [-0.25, -0.2) is 8.42 Å². The van der Waals surface area contributed by atoms with Crippen LogP contribution in [0.5, 0.6) is 0 Å². The van der Waals surface area contributed by atoms with E-state index in [1.54, 1.807) is 24.3 Å². The Kier molecular flexibility index (Phi) is 5.13. The summed E-state index contributed by atoms with van der Waals surface area (Å²) in [7, 11) is -3.98. The van der Waals surface area contributed by atoms with Crippen LogP contribution in [-0.2, 0) is 9.84 Å². The fourth-order valence-corrected chi connectivity index (χ4v) is 5.37. The number of hydrogen-bond donors (Lipinski definition) is 1. The quantitative estimate of drug-likeness (QED) is 0.692. The molecule has 1 atom stereocenters. The molecule has 1 aromatic heterocycles. The van der Waals surface area contributed by atoms with Crippen LogP contribution in [0.15, 0.2) is 58.5 Å². The molecule has 1 unspecified atom stereocenters. The first-order chi connectivity index (χ1) is 14.5. The highest BCUT2D eigenvalue weighted by molar-refractivity contribution is 7.91. The van der Waals surface area contributed by atoms with Gasteiger partial charge in [0.1, 0.15) is 4.90 Å². The number of rotatable bonds is 4. The van der Waals surface area contributed by atoms with Gasteiger partial charge in [-0.15, -0.1) is 0 Å². The average molecular weight is 418 g/mol. The van der Waals surface area contributed by atoms with Crippen LogP contribution in [0, 0.1) is 22.7 Å². The van der Waals surface area contributed by atoms with Crippen molar-refractivity contribution >= 4 is 26.4 Å². The standard InChI is InChI=1S/C22H18N4O3S/c23-11-15-3-1-5-18(9-15)30(28,29)21-13-25-20-10-16(12-24)6-7-19(20)22(21)26-8-2-4-17(26)14-27/h1,3,5-7,9-10,13,17,27H,2,4,8,14H2.